The molecular weight excluding hydrogens is 200 g/mol. The minimum absolute atomic E-state index is 0.427. The summed E-state index contributed by atoms with van der Waals surface area (Å²) in [5.74, 6) is 0. The lowest BCUT2D eigenvalue weighted by Crippen LogP contribution is -2.57. The maximum absolute atomic E-state index is 8.80. The van der Waals surface area contributed by atoms with E-state index in [0.717, 1.165) is 25.9 Å². The van der Waals surface area contributed by atoms with Crippen molar-refractivity contribution >= 4 is 0 Å². The zero-order valence-electron chi connectivity index (χ0n) is 10.2. The Hall–Kier alpha value is -1.10. The molecule has 1 aliphatic heterocycles. The number of nitriles is 2. The molecule has 0 bridgehead atoms. The predicted octanol–water partition coefficient (Wildman–Crippen LogP) is 1.21. The van der Waals surface area contributed by atoms with Crippen LogP contribution in [-0.4, -0.2) is 48.1 Å². The van der Waals surface area contributed by atoms with Crippen molar-refractivity contribution < 1.29 is 0 Å². The molecule has 1 heterocycles. The second kappa shape index (κ2) is 6.48. The van der Waals surface area contributed by atoms with E-state index in [0.29, 0.717) is 25.2 Å². The Morgan fingerprint density at radius 2 is 1.31 bits per heavy atom. The Bertz CT molecular complexity index is 258. The van der Waals surface area contributed by atoms with E-state index in [9.17, 15) is 0 Å². The van der Waals surface area contributed by atoms with E-state index in [4.69, 9.17) is 10.5 Å². The van der Waals surface area contributed by atoms with E-state index in [-0.39, 0.29) is 0 Å². The van der Waals surface area contributed by atoms with Gasteiger partial charge in [0.25, 0.3) is 0 Å². The molecule has 0 aromatic carbocycles. The Labute approximate surface area is 98.1 Å². The monoisotopic (exact) mass is 220 g/mol. The molecule has 0 radical (unpaired) electrons. The lowest BCUT2D eigenvalue weighted by molar-refractivity contribution is 0.0415. The lowest BCUT2D eigenvalue weighted by atomic mass is 10.0. The van der Waals surface area contributed by atoms with Crippen LogP contribution in [0.2, 0.25) is 0 Å². The summed E-state index contributed by atoms with van der Waals surface area (Å²) in [5.41, 5.74) is 0. The molecule has 88 valence electrons. The largest absolute Gasteiger partial charge is 0.285 e. The molecule has 2 atom stereocenters. The summed E-state index contributed by atoms with van der Waals surface area (Å²) in [6.45, 7) is 7.15. The van der Waals surface area contributed by atoms with E-state index in [2.05, 4.69) is 35.8 Å². The average Bonchev–Trinajstić information content (AvgIpc) is 2.31. The normalized spacial score (nSPS) is 27.2. The van der Waals surface area contributed by atoms with Gasteiger partial charge in [-0.15, -0.1) is 0 Å². The Balaban J connectivity index is 2.68. The minimum Gasteiger partial charge on any atom is -0.285 e. The van der Waals surface area contributed by atoms with Gasteiger partial charge in [-0.2, -0.15) is 10.5 Å². The van der Waals surface area contributed by atoms with Crippen LogP contribution in [0.15, 0.2) is 0 Å². The molecule has 0 N–H and O–H groups in total. The molecule has 0 saturated carbocycles. The summed E-state index contributed by atoms with van der Waals surface area (Å²) >= 11 is 0. The molecule has 1 aliphatic rings. The smallest absolute Gasteiger partial charge is 0.0869 e. The van der Waals surface area contributed by atoms with E-state index < -0.39 is 0 Å². The van der Waals surface area contributed by atoms with Gasteiger partial charge >= 0.3 is 0 Å². The van der Waals surface area contributed by atoms with Gasteiger partial charge in [-0.05, 0) is 12.8 Å². The first-order valence-electron chi connectivity index (χ1n) is 5.98. The predicted molar refractivity (Wildman–Crippen MR) is 62.5 cm³/mol. The second-order valence-corrected chi connectivity index (χ2v) is 4.30. The van der Waals surface area contributed by atoms with Crippen molar-refractivity contribution in [3.05, 3.63) is 0 Å². The highest BCUT2D eigenvalue weighted by Gasteiger charge is 2.31. The molecule has 0 aromatic heterocycles. The highest BCUT2D eigenvalue weighted by molar-refractivity contribution is 4.94. The van der Waals surface area contributed by atoms with Gasteiger partial charge < -0.3 is 0 Å². The topological polar surface area (TPSA) is 54.1 Å². The minimum atomic E-state index is 0.427. The third-order valence-electron chi connectivity index (χ3n) is 3.41. The van der Waals surface area contributed by atoms with Crippen LogP contribution in [0.3, 0.4) is 0 Å². The van der Waals surface area contributed by atoms with Crippen LogP contribution < -0.4 is 0 Å². The summed E-state index contributed by atoms with van der Waals surface area (Å²) in [5, 5.41) is 17.6. The lowest BCUT2D eigenvalue weighted by Gasteiger charge is -2.44. The summed E-state index contributed by atoms with van der Waals surface area (Å²) in [4.78, 5) is 4.50. The fourth-order valence-electron chi connectivity index (χ4n) is 2.41. The zero-order valence-corrected chi connectivity index (χ0v) is 10.2. The van der Waals surface area contributed by atoms with Crippen molar-refractivity contribution in [3.8, 4) is 12.1 Å². The molecule has 4 nitrogen and oxygen atoms in total. The van der Waals surface area contributed by atoms with Gasteiger partial charge in [-0.1, -0.05) is 13.8 Å². The van der Waals surface area contributed by atoms with Crippen LogP contribution in [0.25, 0.3) is 0 Å². The maximum atomic E-state index is 8.80. The number of rotatable bonds is 4. The van der Waals surface area contributed by atoms with Crippen molar-refractivity contribution in [2.24, 2.45) is 0 Å². The van der Waals surface area contributed by atoms with Crippen LogP contribution in [0.1, 0.15) is 26.7 Å². The van der Waals surface area contributed by atoms with Gasteiger partial charge in [0.1, 0.15) is 0 Å². The fraction of sp³-hybridized carbons (Fsp3) is 0.833. The fourth-order valence-corrected chi connectivity index (χ4v) is 2.41. The molecule has 4 heteroatoms. The third kappa shape index (κ3) is 2.95. The molecule has 0 spiro atoms. The van der Waals surface area contributed by atoms with Crippen LogP contribution in [0.4, 0.5) is 0 Å². The number of piperazine rings is 1. The van der Waals surface area contributed by atoms with Crippen LogP contribution in [-0.2, 0) is 0 Å². The molecule has 0 amide bonds. The van der Waals surface area contributed by atoms with Crippen molar-refractivity contribution in [3.63, 3.8) is 0 Å². The van der Waals surface area contributed by atoms with E-state index in [1.54, 1.807) is 0 Å². The Kier molecular flexibility index (Phi) is 5.25. The van der Waals surface area contributed by atoms with Gasteiger partial charge in [0.05, 0.1) is 25.2 Å². The Morgan fingerprint density at radius 3 is 1.56 bits per heavy atom. The number of nitrogens with zero attached hydrogens (tertiary/aromatic N) is 4. The average molecular weight is 220 g/mol. The maximum Gasteiger partial charge on any atom is 0.0869 e. The highest BCUT2D eigenvalue weighted by atomic mass is 15.3. The SMILES string of the molecule is CC[C@@H]1CN(CC#N)[C@H](CC)CN1CC#N. The van der Waals surface area contributed by atoms with Gasteiger partial charge in [-0.25, -0.2) is 0 Å². The van der Waals surface area contributed by atoms with Gasteiger partial charge in [0.15, 0.2) is 0 Å². The molecule has 1 rings (SSSR count). The van der Waals surface area contributed by atoms with Crippen molar-refractivity contribution in [2.45, 2.75) is 38.8 Å². The van der Waals surface area contributed by atoms with Gasteiger partial charge in [0, 0.05) is 25.2 Å². The highest BCUT2D eigenvalue weighted by Crippen LogP contribution is 2.18. The van der Waals surface area contributed by atoms with Gasteiger partial charge in [0.2, 0.25) is 0 Å². The van der Waals surface area contributed by atoms with Crippen molar-refractivity contribution in [2.75, 3.05) is 26.2 Å². The Morgan fingerprint density at radius 1 is 0.938 bits per heavy atom. The van der Waals surface area contributed by atoms with Crippen LogP contribution in [0, 0.1) is 22.7 Å². The second-order valence-electron chi connectivity index (χ2n) is 4.30. The van der Waals surface area contributed by atoms with E-state index in [1.165, 1.54) is 0 Å². The first-order valence-corrected chi connectivity index (χ1v) is 5.98. The summed E-state index contributed by atoms with van der Waals surface area (Å²) < 4.78 is 0. The van der Waals surface area contributed by atoms with E-state index in [1.807, 2.05) is 0 Å². The van der Waals surface area contributed by atoms with Crippen molar-refractivity contribution in [1.29, 1.82) is 10.5 Å². The molecule has 0 aliphatic carbocycles. The van der Waals surface area contributed by atoms with Crippen LogP contribution in [0.5, 0.6) is 0 Å². The standard InChI is InChI=1S/C12H20N4/c1-3-11-9-16(8-6-14)12(4-2)10-15(11)7-5-13/h11-12H,3-4,7-10H2,1-2H3/t11-,12-/m1/s1. The van der Waals surface area contributed by atoms with Crippen molar-refractivity contribution in [1.82, 2.24) is 9.80 Å². The molecule has 0 unspecified atom stereocenters. The third-order valence-corrected chi connectivity index (χ3v) is 3.41. The molecule has 1 saturated heterocycles. The zero-order chi connectivity index (χ0) is 12.0. The number of hydrogen-bond acceptors (Lipinski definition) is 4. The molecule has 16 heavy (non-hydrogen) atoms. The first kappa shape index (κ1) is 13.0. The molecular formula is C12H20N4. The molecule has 0 aromatic rings. The summed E-state index contributed by atoms with van der Waals surface area (Å²) in [7, 11) is 0. The molecule has 1 fully saturated rings. The number of hydrogen-bond donors (Lipinski definition) is 0. The van der Waals surface area contributed by atoms with Gasteiger partial charge in [-0.3, -0.25) is 9.80 Å². The van der Waals surface area contributed by atoms with Crippen LogP contribution >= 0.6 is 0 Å². The quantitative estimate of drug-likeness (QED) is 0.668. The summed E-state index contributed by atoms with van der Waals surface area (Å²) in [6.07, 6.45) is 2.08. The summed E-state index contributed by atoms with van der Waals surface area (Å²) in [6, 6.07) is 5.32. The van der Waals surface area contributed by atoms with E-state index >= 15 is 0 Å². The first-order chi connectivity index (χ1) is 7.76.